The van der Waals surface area contributed by atoms with Crippen molar-refractivity contribution in [1.82, 2.24) is 4.90 Å². The number of benzene rings is 1. The lowest BCUT2D eigenvalue weighted by Gasteiger charge is -2.24. The second-order valence-electron chi connectivity index (χ2n) is 7.09. The smallest absolute Gasteiger partial charge is 0.410 e. The van der Waals surface area contributed by atoms with Crippen LogP contribution in [-0.4, -0.2) is 46.8 Å². The number of carbonyl (C=O) groups is 1. The van der Waals surface area contributed by atoms with Crippen LogP contribution in [0.2, 0.25) is 0 Å². The molecule has 1 aromatic carbocycles. The molecule has 6 nitrogen and oxygen atoms in total. The van der Waals surface area contributed by atoms with E-state index in [2.05, 4.69) is 15.9 Å². The van der Waals surface area contributed by atoms with E-state index >= 15 is 0 Å². The van der Waals surface area contributed by atoms with Gasteiger partial charge in [-0.05, 0) is 45.4 Å². The third-order valence-electron chi connectivity index (χ3n) is 3.97. The molecule has 0 bridgehead atoms. The highest BCUT2D eigenvalue weighted by Gasteiger charge is 2.47. The fourth-order valence-electron chi connectivity index (χ4n) is 2.91. The summed E-state index contributed by atoms with van der Waals surface area (Å²) in [5.74, 6) is -0.289. The molecule has 1 amide bonds. The first-order valence-corrected chi connectivity index (χ1v) is 10.7. The Bertz CT molecular complexity index is 658. The molecule has 0 aromatic heterocycles. The van der Waals surface area contributed by atoms with Crippen LogP contribution in [0.4, 0.5) is 4.79 Å². The summed E-state index contributed by atoms with van der Waals surface area (Å²) >= 11 is 3.39. The van der Waals surface area contributed by atoms with Gasteiger partial charge in [-0.3, -0.25) is 4.57 Å². The number of nitrogens with zero attached hydrogens (tertiary/aromatic N) is 1. The molecule has 1 aliphatic rings. The Morgan fingerprint density at radius 1 is 1.32 bits per heavy atom. The quantitative estimate of drug-likeness (QED) is 0.713. The van der Waals surface area contributed by atoms with Crippen molar-refractivity contribution in [3.05, 3.63) is 34.3 Å². The number of amides is 1. The molecule has 1 N–H and O–H groups in total. The van der Waals surface area contributed by atoms with Crippen LogP contribution in [0.25, 0.3) is 0 Å². The van der Waals surface area contributed by atoms with Gasteiger partial charge in [0.15, 0.2) is 0 Å². The molecule has 2 rings (SSSR count). The van der Waals surface area contributed by atoms with Crippen molar-refractivity contribution in [1.29, 1.82) is 0 Å². The van der Waals surface area contributed by atoms with Crippen molar-refractivity contribution in [2.45, 2.75) is 44.9 Å². The van der Waals surface area contributed by atoms with E-state index in [1.807, 2.05) is 24.3 Å². The minimum Gasteiger partial charge on any atom is -0.444 e. The second-order valence-corrected chi connectivity index (χ2v) is 10.1. The van der Waals surface area contributed by atoms with E-state index in [1.54, 1.807) is 27.7 Å². The van der Waals surface area contributed by atoms with Gasteiger partial charge in [0.1, 0.15) is 5.60 Å². The largest absolute Gasteiger partial charge is 0.444 e. The van der Waals surface area contributed by atoms with Crippen LogP contribution in [-0.2, 0) is 13.8 Å². The van der Waals surface area contributed by atoms with Crippen molar-refractivity contribution in [3.8, 4) is 0 Å². The van der Waals surface area contributed by atoms with E-state index in [0.29, 0.717) is 6.54 Å². The van der Waals surface area contributed by atoms with E-state index in [1.165, 1.54) is 4.90 Å². The lowest BCUT2D eigenvalue weighted by molar-refractivity contribution is 0.0292. The Labute approximate surface area is 157 Å². The molecule has 3 atom stereocenters. The minimum absolute atomic E-state index is 0.128. The highest BCUT2D eigenvalue weighted by atomic mass is 79.9. The zero-order valence-electron chi connectivity index (χ0n) is 14.9. The van der Waals surface area contributed by atoms with Gasteiger partial charge in [-0.15, -0.1) is 0 Å². The summed E-state index contributed by atoms with van der Waals surface area (Å²) in [7, 11) is -3.86. The minimum atomic E-state index is -3.86. The molecule has 1 fully saturated rings. The summed E-state index contributed by atoms with van der Waals surface area (Å²) < 4.78 is 24.1. The Hall–Kier alpha value is -0.880. The fourth-order valence-corrected chi connectivity index (χ4v) is 4.86. The van der Waals surface area contributed by atoms with E-state index in [4.69, 9.17) is 9.26 Å². The summed E-state index contributed by atoms with van der Waals surface area (Å²) in [5, 5.41) is 0. The van der Waals surface area contributed by atoms with Crippen LogP contribution in [0.1, 0.15) is 39.2 Å². The third-order valence-corrected chi connectivity index (χ3v) is 6.49. The molecule has 8 heteroatoms. The number of hydrogen-bond acceptors (Lipinski definition) is 4. The fraction of sp³-hybridized carbons (Fsp3) is 0.588. The number of likely N-dealkylation sites (tertiary alicyclic amines) is 1. The van der Waals surface area contributed by atoms with Crippen LogP contribution >= 0.6 is 23.5 Å². The maximum atomic E-state index is 12.7. The van der Waals surface area contributed by atoms with Gasteiger partial charge in [-0.2, -0.15) is 0 Å². The van der Waals surface area contributed by atoms with Gasteiger partial charge < -0.3 is 19.1 Å². The number of carbonyl (C=O) groups excluding carboxylic acids is 1. The number of rotatable bonds is 4. The van der Waals surface area contributed by atoms with Crippen molar-refractivity contribution in [3.63, 3.8) is 0 Å². The summed E-state index contributed by atoms with van der Waals surface area (Å²) in [4.78, 5) is 24.3. The average Bonchev–Trinajstić information content (AvgIpc) is 2.92. The zero-order valence-corrected chi connectivity index (χ0v) is 17.4. The van der Waals surface area contributed by atoms with Crippen LogP contribution in [0.5, 0.6) is 0 Å². The molecule has 140 valence electrons. The van der Waals surface area contributed by atoms with Crippen LogP contribution in [0, 0.1) is 0 Å². The van der Waals surface area contributed by atoms with E-state index in [9.17, 15) is 14.3 Å². The Kier molecular flexibility index (Phi) is 6.36. The maximum Gasteiger partial charge on any atom is 0.410 e. The lowest BCUT2D eigenvalue weighted by atomic mass is 9.98. The first-order chi connectivity index (χ1) is 11.5. The molecule has 1 aromatic rings. The summed E-state index contributed by atoms with van der Waals surface area (Å²) in [6.07, 6.45) is -0.478. The monoisotopic (exact) mass is 433 g/mol. The highest BCUT2D eigenvalue weighted by Crippen LogP contribution is 2.55. The molecule has 0 radical (unpaired) electrons. The molecular weight excluding hydrogens is 409 g/mol. The molecule has 25 heavy (non-hydrogen) atoms. The van der Waals surface area contributed by atoms with Gasteiger partial charge in [-0.25, -0.2) is 4.79 Å². The van der Waals surface area contributed by atoms with Crippen molar-refractivity contribution in [2.75, 3.05) is 19.7 Å². The SMILES string of the molecule is CCOP(=O)(O)C1CN(C(=O)OC(C)(C)C)CC1c1ccc(Br)cc1. The molecule has 0 aliphatic carbocycles. The second kappa shape index (κ2) is 7.78. The standard InChI is InChI=1S/C17H25BrNO5P/c1-5-23-25(21,22)15-11-19(16(20)24-17(2,3)4)10-14(15)12-6-8-13(18)9-7-12/h6-9,14-15H,5,10-11H2,1-4H3,(H,21,22). The van der Waals surface area contributed by atoms with Crippen LogP contribution in [0.15, 0.2) is 28.7 Å². The Morgan fingerprint density at radius 3 is 2.44 bits per heavy atom. The summed E-state index contributed by atoms with van der Waals surface area (Å²) in [6, 6.07) is 7.55. The predicted molar refractivity (Wildman–Crippen MR) is 99.9 cm³/mol. The van der Waals surface area contributed by atoms with Crippen molar-refractivity contribution >= 4 is 29.6 Å². The number of ether oxygens (including phenoxy) is 1. The van der Waals surface area contributed by atoms with E-state index in [-0.39, 0.29) is 19.1 Å². The molecule has 3 unspecified atom stereocenters. The van der Waals surface area contributed by atoms with Gasteiger partial charge in [0.2, 0.25) is 0 Å². The molecule has 1 heterocycles. The molecule has 1 saturated heterocycles. The van der Waals surface area contributed by atoms with Gasteiger partial charge >= 0.3 is 13.7 Å². The Morgan fingerprint density at radius 2 is 1.92 bits per heavy atom. The summed E-state index contributed by atoms with van der Waals surface area (Å²) in [6.45, 7) is 7.65. The summed E-state index contributed by atoms with van der Waals surface area (Å²) in [5.41, 5.74) is -0.403. The van der Waals surface area contributed by atoms with Crippen LogP contribution < -0.4 is 0 Å². The van der Waals surface area contributed by atoms with Gasteiger partial charge in [-0.1, -0.05) is 28.1 Å². The molecule has 0 saturated carbocycles. The average molecular weight is 434 g/mol. The molecular formula is C17H25BrNO5P. The van der Waals surface area contributed by atoms with Crippen molar-refractivity contribution < 1.29 is 23.5 Å². The normalized spacial score (nSPS) is 23.4. The Balaban J connectivity index is 2.28. The first-order valence-electron chi connectivity index (χ1n) is 8.24. The topological polar surface area (TPSA) is 76.1 Å². The van der Waals surface area contributed by atoms with Crippen molar-refractivity contribution in [2.24, 2.45) is 0 Å². The lowest BCUT2D eigenvalue weighted by Crippen LogP contribution is -2.35. The third kappa shape index (κ3) is 5.30. The molecule has 0 spiro atoms. The van der Waals surface area contributed by atoms with Gasteiger partial charge in [0, 0.05) is 23.5 Å². The van der Waals surface area contributed by atoms with Gasteiger partial charge in [0.25, 0.3) is 0 Å². The van der Waals surface area contributed by atoms with Gasteiger partial charge in [0.05, 0.1) is 12.3 Å². The zero-order chi connectivity index (χ0) is 18.8. The predicted octanol–water partition coefficient (Wildman–Crippen LogP) is 4.37. The van der Waals surface area contributed by atoms with E-state index in [0.717, 1.165) is 10.0 Å². The van der Waals surface area contributed by atoms with Crippen LogP contribution in [0.3, 0.4) is 0 Å². The molecule has 1 aliphatic heterocycles. The highest BCUT2D eigenvalue weighted by molar-refractivity contribution is 9.10. The number of halogens is 1. The number of hydrogen-bond donors (Lipinski definition) is 1. The van der Waals surface area contributed by atoms with E-state index < -0.39 is 24.9 Å². The first kappa shape index (κ1) is 20.4. The maximum absolute atomic E-state index is 12.7.